The van der Waals surface area contributed by atoms with Gasteiger partial charge in [0.05, 0.1) is 0 Å². The normalized spacial score (nSPS) is 19.2. The summed E-state index contributed by atoms with van der Waals surface area (Å²) in [5.41, 5.74) is 6.30. The largest absolute Gasteiger partial charge is 0.316 e. The Bertz CT molecular complexity index is 726. The second kappa shape index (κ2) is 10.0. The van der Waals surface area contributed by atoms with Crippen molar-refractivity contribution >= 4 is 13.2 Å². The van der Waals surface area contributed by atoms with E-state index in [-0.39, 0.29) is 7.92 Å². The van der Waals surface area contributed by atoms with E-state index < -0.39 is 0 Å². The van der Waals surface area contributed by atoms with Crippen molar-refractivity contribution in [2.45, 2.75) is 82.1 Å². The molecular weight excluding hydrogens is 357 g/mol. The molecule has 0 heterocycles. The maximum Gasteiger partial charge on any atom is 0.0208 e. The zero-order valence-corrected chi connectivity index (χ0v) is 18.4. The molecule has 2 aromatic carbocycles. The molecule has 2 fully saturated rings. The molecule has 150 valence electrons. The van der Waals surface area contributed by atoms with E-state index >= 15 is 0 Å². The highest BCUT2D eigenvalue weighted by Gasteiger charge is 2.33. The van der Waals surface area contributed by atoms with Crippen molar-refractivity contribution in [2.24, 2.45) is 0 Å². The topological polar surface area (TPSA) is 12.0 Å². The molecule has 0 atom stereocenters. The minimum atomic E-state index is -0.0786. The molecule has 4 rings (SSSR count). The van der Waals surface area contributed by atoms with Crippen LogP contribution in [0.4, 0.5) is 0 Å². The molecule has 0 saturated heterocycles. The van der Waals surface area contributed by atoms with Gasteiger partial charge in [-0.05, 0) is 66.0 Å². The highest BCUT2D eigenvalue weighted by Crippen LogP contribution is 2.56. The lowest BCUT2D eigenvalue weighted by Crippen LogP contribution is -2.27. The Labute approximate surface area is 173 Å². The smallest absolute Gasteiger partial charge is 0.0208 e. The van der Waals surface area contributed by atoms with Gasteiger partial charge in [-0.15, -0.1) is 0 Å². The molecule has 1 N–H and O–H groups in total. The van der Waals surface area contributed by atoms with Gasteiger partial charge in [0.25, 0.3) is 0 Å². The Morgan fingerprint density at radius 1 is 0.714 bits per heavy atom. The Hall–Kier alpha value is -1.17. The van der Waals surface area contributed by atoms with Crippen molar-refractivity contribution in [1.29, 1.82) is 0 Å². The summed E-state index contributed by atoms with van der Waals surface area (Å²) in [6.45, 7) is 0.940. The van der Waals surface area contributed by atoms with Crippen LogP contribution in [0.2, 0.25) is 0 Å². The molecule has 0 radical (unpaired) electrons. The molecule has 2 aliphatic carbocycles. The summed E-state index contributed by atoms with van der Waals surface area (Å²) >= 11 is 0. The van der Waals surface area contributed by atoms with Crippen LogP contribution < -0.4 is 10.6 Å². The molecule has 0 spiro atoms. The minimum Gasteiger partial charge on any atom is -0.316 e. The average molecular weight is 394 g/mol. The molecule has 0 amide bonds. The molecule has 1 nitrogen and oxygen atoms in total. The fraction of sp³-hybridized carbons (Fsp3) is 0.538. The van der Waals surface area contributed by atoms with E-state index in [4.69, 9.17) is 0 Å². The summed E-state index contributed by atoms with van der Waals surface area (Å²) in [5.74, 6) is 0. The van der Waals surface area contributed by atoms with E-state index in [1.54, 1.807) is 5.30 Å². The minimum absolute atomic E-state index is 0.0786. The van der Waals surface area contributed by atoms with Crippen molar-refractivity contribution in [3.05, 3.63) is 54.1 Å². The number of hydrogen-bond donors (Lipinski definition) is 1. The van der Waals surface area contributed by atoms with E-state index in [1.165, 1.54) is 80.9 Å². The lowest BCUT2D eigenvalue weighted by atomic mass is 9.99. The van der Waals surface area contributed by atoms with Crippen molar-refractivity contribution in [2.75, 3.05) is 7.05 Å². The third-order valence-electron chi connectivity index (χ3n) is 6.79. The third-order valence-corrected chi connectivity index (χ3v) is 10.3. The highest BCUT2D eigenvalue weighted by atomic mass is 31.1. The third kappa shape index (κ3) is 4.52. The first-order valence-electron chi connectivity index (χ1n) is 11.5. The summed E-state index contributed by atoms with van der Waals surface area (Å²) in [6.07, 6.45) is 14.6. The Balaban J connectivity index is 1.77. The maximum atomic E-state index is 3.37. The predicted molar refractivity (Wildman–Crippen MR) is 125 cm³/mol. The molecule has 2 aliphatic rings. The Morgan fingerprint density at radius 2 is 1.25 bits per heavy atom. The molecule has 2 heteroatoms. The highest BCUT2D eigenvalue weighted by molar-refractivity contribution is 7.67. The molecule has 0 aliphatic heterocycles. The summed E-state index contributed by atoms with van der Waals surface area (Å²) in [7, 11) is 1.98. The van der Waals surface area contributed by atoms with Crippen LogP contribution in [0.1, 0.15) is 69.8 Å². The summed E-state index contributed by atoms with van der Waals surface area (Å²) in [6, 6.07) is 18.5. The van der Waals surface area contributed by atoms with Crippen LogP contribution in [0.25, 0.3) is 11.1 Å². The van der Waals surface area contributed by atoms with Crippen LogP contribution in [0.15, 0.2) is 48.5 Å². The summed E-state index contributed by atoms with van der Waals surface area (Å²) in [5, 5.41) is 5.08. The SMILES string of the molecule is CNCc1ccccc1-c1ccccc1P(C1CCCCC1)C1CCCCC1. The number of hydrogen-bond acceptors (Lipinski definition) is 1. The molecular formula is C26H36NP. The van der Waals surface area contributed by atoms with Gasteiger partial charge in [-0.1, -0.05) is 95.0 Å². The van der Waals surface area contributed by atoms with E-state index in [2.05, 4.69) is 60.9 Å². The number of benzene rings is 2. The van der Waals surface area contributed by atoms with Gasteiger partial charge in [0.2, 0.25) is 0 Å². The number of rotatable bonds is 6. The van der Waals surface area contributed by atoms with Crippen LogP contribution in [-0.4, -0.2) is 18.4 Å². The van der Waals surface area contributed by atoms with E-state index in [0.717, 1.165) is 17.9 Å². The van der Waals surface area contributed by atoms with Crippen LogP contribution in [0.5, 0.6) is 0 Å². The molecule has 28 heavy (non-hydrogen) atoms. The van der Waals surface area contributed by atoms with Crippen LogP contribution in [-0.2, 0) is 6.54 Å². The monoisotopic (exact) mass is 393 g/mol. The Morgan fingerprint density at radius 3 is 1.86 bits per heavy atom. The average Bonchev–Trinajstić information content (AvgIpc) is 2.77. The maximum absolute atomic E-state index is 3.37. The van der Waals surface area contributed by atoms with Crippen LogP contribution in [0, 0.1) is 0 Å². The van der Waals surface area contributed by atoms with Gasteiger partial charge in [0.15, 0.2) is 0 Å². The van der Waals surface area contributed by atoms with Gasteiger partial charge in [0, 0.05) is 6.54 Å². The lowest BCUT2D eigenvalue weighted by molar-refractivity contribution is 0.487. The zero-order valence-electron chi connectivity index (χ0n) is 17.5. The van der Waals surface area contributed by atoms with Crippen LogP contribution in [0.3, 0.4) is 0 Å². The molecule has 2 aromatic rings. The first kappa shape index (κ1) is 20.1. The molecule has 2 saturated carbocycles. The second-order valence-corrected chi connectivity index (χ2v) is 11.5. The van der Waals surface area contributed by atoms with Gasteiger partial charge in [-0.2, -0.15) is 0 Å². The van der Waals surface area contributed by atoms with Crippen molar-refractivity contribution in [3.63, 3.8) is 0 Å². The van der Waals surface area contributed by atoms with Crippen molar-refractivity contribution in [1.82, 2.24) is 5.32 Å². The zero-order chi connectivity index (χ0) is 19.2. The molecule has 0 aromatic heterocycles. The van der Waals surface area contributed by atoms with E-state index in [1.807, 2.05) is 0 Å². The fourth-order valence-corrected chi connectivity index (χ4v) is 9.42. The standard InChI is InChI=1S/C26H36NP/c1-27-20-21-12-8-9-17-24(21)25-18-10-11-19-26(25)28(22-13-4-2-5-14-22)23-15-6-3-7-16-23/h8-12,17-19,22-23,27H,2-7,13-16,20H2,1H3. The van der Waals surface area contributed by atoms with E-state index in [9.17, 15) is 0 Å². The first-order chi connectivity index (χ1) is 13.9. The van der Waals surface area contributed by atoms with Crippen molar-refractivity contribution < 1.29 is 0 Å². The molecule has 0 bridgehead atoms. The second-order valence-electron chi connectivity index (χ2n) is 8.70. The van der Waals surface area contributed by atoms with Gasteiger partial charge in [-0.25, -0.2) is 0 Å². The predicted octanol–water partition coefficient (Wildman–Crippen LogP) is 6.85. The van der Waals surface area contributed by atoms with Gasteiger partial charge in [-0.3, -0.25) is 0 Å². The lowest BCUT2D eigenvalue weighted by Gasteiger charge is -2.39. The van der Waals surface area contributed by atoms with E-state index in [0.29, 0.717) is 0 Å². The summed E-state index contributed by atoms with van der Waals surface area (Å²) < 4.78 is 0. The first-order valence-corrected chi connectivity index (χ1v) is 13.0. The quantitative estimate of drug-likeness (QED) is 0.529. The fourth-order valence-electron chi connectivity index (χ4n) is 5.46. The van der Waals surface area contributed by atoms with Crippen LogP contribution >= 0.6 is 7.92 Å². The number of nitrogens with one attached hydrogen (secondary N) is 1. The van der Waals surface area contributed by atoms with Crippen molar-refractivity contribution in [3.8, 4) is 11.1 Å². The van der Waals surface area contributed by atoms with Gasteiger partial charge in [0.1, 0.15) is 0 Å². The van der Waals surface area contributed by atoms with Gasteiger partial charge >= 0.3 is 0 Å². The molecule has 0 unspecified atom stereocenters. The summed E-state index contributed by atoms with van der Waals surface area (Å²) in [4.78, 5) is 0. The van der Waals surface area contributed by atoms with Gasteiger partial charge < -0.3 is 5.32 Å². The Kier molecular flexibility index (Phi) is 7.21.